The molecule has 1 aromatic carbocycles. The number of nitrogens with zero attached hydrogens (tertiary/aromatic N) is 1. The second-order valence-corrected chi connectivity index (χ2v) is 3.99. The van der Waals surface area contributed by atoms with E-state index in [0.717, 1.165) is 30.2 Å². The minimum Gasteiger partial charge on any atom is -0.341 e. The van der Waals surface area contributed by atoms with Crippen molar-refractivity contribution in [2.45, 2.75) is 20.4 Å². The molecule has 0 fully saturated rings. The maximum Gasteiger partial charge on any atom is 0.126 e. The van der Waals surface area contributed by atoms with E-state index in [2.05, 4.69) is 15.3 Å². The molecule has 0 radical (unpaired) electrons. The first-order chi connectivity index (χ1) is 8.20. The summed E-state index contributed by atoms with van der Waals surface area (Å²) in [5.74, 6) is 0.713. The van der Waals surface area contributed by atoms with Gasteiger partial charge in [0.05, 0.1) is 18.4 Å². The van der Waals surface area contributed by atoms with Crippen molar-refractivity contribution in [3.63, 3.8) is 0 Å². The molecule has 4 heteroatoms. The quantitative estimate of drug-likeness (QED) is 0.852. The SMILES string of the molecule is CCNCc1ncc(-c2ccc(F)c(C)c2)[nH]1. The van der Waals surface area contributed by atoms with Crippen molar-refractivity contribution in [3.8, 4) is 11.3 Å². The summed E-state index contributed by atoms with van der Waals surface area (Å²) in [6, 6.07) is 5.06. The summed E-state index contributed by atoms with van der Waals surface area (Å²) in [6.45, 7) is 5.43. The van der Waals surface area contributed by atoms with Gasteiger partial charge in [-0.1, -0.05) is 6.92 Å². The van der Waals surface area contributed by atoms with Crippen molar-refractivity contribution < 1.29 is 4.39 Å². The van der Waals surface area contributed by atoms with Crippen molar-refractivity contribution in [3.05, 3.63) is 41.6 Å². The lowest BCUT2D eigenvalue weighted by Gasteiger charge is -2.01. The highest BCUT2D eigenvalue weighted by atomic mass is 19.1. The van der Waals surface area contributed by atoms with Gasteiger partial charge in [0.2, 0.25) is 0 Å². The first-order valence-corrected chi connectivity index (χ1v) is 5.72. The number of aryl methyl sites for hydroxylation is 1. The zero-order valence-electron chi connectivity index (χ0n) is 10.0. The van der Waals surface area contributed by atoms with Gasteiger partial charge in [-0.05, 0) is 37.2 Å². The Morgan fingerprint density at radius 2 is 2.24 bits per heavy atom. The maximum absolute atomic E-state index is 13.2. The van der Waals surface area contributed by atoms with E-state index in [4.69, 9.17) is 0 Å². The first kappa shape index (κ1) is 11.8. The smallest absolute Gasteiger partial charge is 0.126 e. The van der Waals surface area contributed by atoms with Crippen molar-refractivity contribution in [2.24, 2.45) is 0 Å². The van der Waals surface area contributed by atoms with E-state index in [-0.39, 0.29) is 5.82 Å². The largest absolute Gasteiger partial charge is 0.341 e. The average molecular weight is 233 g/mol. The van der Waals surface area contributed by atoms with Crippen LogP contribution in [-0.4, -0.2) is 16.5 Å². The second-order valence-electron chi connectivity index (χ2n) is 3.99. The maximum atomic E-state index is 13.2. The fourth-order valence-corrected chi connectivity index (χ4v) is 1.65. The second kappa shape index (κ2) is 5.10. The van der Waals surface area contributed by atoms with Crippen LogP contribution in [0.3, 0.4) is 0 Å². The third-order valence-electron chi connectivity index (χ3n) is 2.64. The third kappa shape index (κ3) is 2.71. The summed E-state index contributed by atoms with van der Waals surface area (Å²) in [6.07, 6.45) is 1.78. The number of H-pyrrole nitrogens is 1. The highest BCUT2D eigenvalue weighted by molar-refractivity contribution is 5.59. The van der Waals surface area contributed by atoms with Gasteiger partial charge in [0.1, 0.15) is 11.6 Å². The van der Waals surface area contributed by atoms with Crippen LogP contribution in [-0.2, 0) is 6.54 Å². The van der Waals surface area contributed by atoms with E-state index in [1.165, 1.54) is 6.07 Å². The van der Waals surface area contributed by atoms with Crippen molar-refractivity contribution >= 4 is 0 Å². The highest BCUT2D eigenvalue weighted by Gasteiger charge is 2.05. The van der Waals surface area contributed by atoms with E-state index in [1.807, 2.05) is 13.0 Å². The van der Waals surface area contributed by atoms with E-state index in [9.17, 15) is 4.39 Å². The molecule has 0 atom stereocenters. The zero-order chi connectivity index (χ0) is 12.3. The number of benzene rings is 1. The summed E-state index contributed by atoms with van der Waals surface area (Å²) in [4.78, 5) is 7.49. The Morgan fingerprint density at radius 3 is 2.94 bits per heavy atom. The Balaban J connectivity index is 2.21. The standard InChI is InChI=1S/C13H16FN3/c1-3-15-8-13-16-7-12(17-13)10-4-5-11(14)9(2)6-10/h4-7,15H,3,8H2,1-2H3,(H,16,17). The van der Waals surface area contributed by atoms with E-state index in [0.29, 0.717) is 5.56 Å². The molecule has 0 unspecified atom stereocenters. The predicted octanol–water partition coefficient (Wildman–Crippen LogP) is 2.63. The molecule has 0 saturated carbocycles. The molecule has 2 rings (SSSR count). The van der Waals surface area contributed by atoms with Crippen LogP contribution in [0.25, 0.3) is 11.3 Å². The van der Waals surface area contributed by atoms with Crippen LogP contribution in [0.2, 0.25) is 0 Å². The Morgan fingerprint density at radius 1 is 1.41 bits per heavy atom. The van der Waals surface area contributed by atoms with Crippen LogP contribution in [0.1, 0.15) is 18.3 Å². The lowest BCUT2D eigenvalue weighted by Crippen LogP contribution is -2.12. The molecule has 17 heavy (non-hydrogen) atoms. The minimum atomic E-state index is -0.180. The summed E-state index contributed by atoms with van der Waals surface area (Å²) in [5.41, 5.74) is 2.52. The zero-order valence-corrected chi connectivity index (χ0v) is 10.0. The Kier molecular flexibility index (Phi) is 3.54. The lowest BCUT2D eigenvalue weighted by molar-refractivity contribution is 0.619. The van der Waals surface area contributed by atoms with Gasteiger partial charge in [0, 0.05) is 5.56 Å². The molecule has 2 aromatic rings. The molecule has 1 aromatic heterocycles. The topological polar surface area (TPSA) is 40.7 Å². The van der Waals surface area contributed by atoms with Crippen LogP contribution >= 0.6 is 0 Å². The van der Waals surface area contributed by atoms with E-state index >= 15 is 0 Å². The Bertz CT molecular complexity index is 505. The molecule has 0 saturated heterocycles. The fourth-order valence-electron chi connectivity index (χ4n) is 1.65. The summed E-state index contributed by atoms with van der Waals surface area (Å²) >= 11 is 0. The normalized spacial score (nSPS) is 10.8. The molecule has 0 aliphatic carbocycles. The van der Waals surface area contributed by atoms with Crippen LogP contribution in [0, 0.1) is 12.7 Å². The molecule has 0 aliphatic rings. The van der Waals surface area contributed by atoms with E-state index < -0.39 is 0 Å². The van der Waals surface area contributed by atoms with Gasteiger partial charge in [0.15, 0.2) is 0 Å². The lowest BCUT2D eigenvalue weighted by atomic mass is 10.1. The van der Waals surface area contributed by atoms with Crippen LogP contribution in [0.15, 0.2) is 24.4 Å². The summed E-state index contributed by atoms with van der Waals surface area (Å²) in [5, 5.41) is 3.20. The number of aromatic nitrogens is 2. The van der Waals surface area contributed by atoms with Gasteiger partial charge in [-0.15, -0.1) is 0 Å². The van der Waals surface area contributed by atoms with Gasteiger partial charge in [-0.2, -0.15) is 0 Å². The number of halogens is 1. The first-order valence-electron chi connectivity index (χ1n) is 5.72. The monoisotopic (exact) mass is 233 g/mol. The minimum absolute atomic E-state index is 0.180. The Labute approximate surface area is 100 Å². The van der Waals surface area contributed by atoms with Crippen LogP contribution in [0.5, 0.6) is 0 Å². The molecule has 0 spiro atoms. The number of imidazole rings is 1. The van der Waals surface area contributed by atoms with E-state index in [1.54, 1.807) is 19.2 Å². The third-order valence-corrected chi connectivity index (χ3v) is 2.64. The number of hydrogen-bond acceptors (Lipinski definition) is 2. The van der Waals surface area contributed by atoms with Gasteiger partial charge in [-0.25, -0.2) is 9.37 Å². The molecule has 1 heterocycles. The number of nitrogens with one attached hydrogen (secondary N) is 2. The number of rotatable bonds is 4. The van der Waals surface area contributed by atoms with Gasteiger partial charge < -0.3 is 10.3 Å². The van der Waals surface area contributed by atoms with Crippen LogP contribution in [0.4, 0.5) is 4.39 Å². The number of aromatic amines is 1. The molecule has 2 N–H and O–H groups in total. The molecular weight excluding hydrogens is 217 g/mol. The fraction of sp³-hybridized carbons (Fsp3) is 0.308. The van der Waals surface area contributed by atoms with Crippen molar-refractivity contribution in [2.75, 3.05) is 6.54 Å². The molecule has 0 amide bonds. The molecule has 3 nitrogen and oxygen atoms in total. The highest BCUT2D eigenvalue weighted by Crippen LogP contribution is 2.19. The molecule has 90 valence electrons. The van der Waals surface area contributed by atoms with Crippen molar-refractivity contribution in [1.82, 2.24) is 15.3 Å². The molecular formula is C13H16FN3. The van der Waals surface area contributed by atoms with Crippen molar-refractivity contribution in [1.29, 1.82) is 0 Å². The average Bonchev–Trinajstić information content (AvgIpc) is 2.79. The number of hydrogen-bond donors (Lipinski definition) is 2. The van der Waals surface area contributed by atoms with Gasteiger partial charge >= 0.3 is 0 Å². The summed E-state index contributed by atoms with van der Waals surface area (Å²) in [7, 11) is 0. The molecule has 0 bridgehead atoms. The van der Waals surface area contributed by atoms with Crippen LogP contribution < -0.4 is 5.32 Å². The molecule has 0 aliphatic heterocycles. The van der Waals surface area contributed by atoms with Gasteiger partial charge in [0.25, 0.3) is 0 Å². The summed E-state index contributed by atoms with van der Waals surface area (Å²) < 4.78 is 13.2. The Hall–Kier alpha value is -1.68. The predicted molar refractivity (Wildman–Crippen MR) is 66.1 cm³/mol. The van der Waals surface area contributed by atoms with Gasteiger partial charge in [-0.3, -0.25) is 0 Å².